The van der Waals surface area contributed by atoms with Crippen molar-refractivity contribution in [3.05, 3.63) is 258 Å². The van der Waals surface area contributed by atoms with Crippen molar-refractivity contribution in [2.75, 3.05) is 0 Å². The number of pyridine rings is 3. The normalized spacial score (nSPS) is 11.5. The molecule has 0 aliphatic heterocycles. The molecule has 3 aromatic heterocycles. The topological polar surface area (TPSA) is 38.7 Å². The van der Waals surface area contributed by atoms with E-state index in [-0.39, 0.29) is 31.2 Å². The molecule has 0 aliphatic rings. The van der Waals surface area contributed by atoms with Gasteiger partial charge in [-0.05, 0) is 104 Å². The summed E-state index contributed by atoms with van der Waals surface area (Å²) in [6, 6.07) is 70.1. The molecule has 0 spiro atoms. The van der Waals surface area contributed by atoms with E-state index in [4.69, 9.17) is 4.98 Å². The Kier molecular flexibility index (Phi) is 16.1. The molecule has 7 aromatic carbocycles. The molecule has 0 aliphatic carbocycles. The molecule has 0 saturated heterocycles. The Morgan fingerprint density at radius 1 is 0.333 bits per heavy atom. The van der Waals surface area contributed by atoms with Crippen molar-refractivity contribution in [3.63, 3.8) is 0 Å². The SMILES string of the molecule is FC(F)(F)Cc1c[c-]c(-c2ccc(CCc3cc(CCc4ccc(-c5[c-]cc(CC(F)(F)F)cc5)nc4)cc(-c4ccccc4-c4cnc(-c5[c-]cccc5)cc4-c4ccc(-c5ccccc5)cc4)c3)cn2)cc1.[Ir+3]. The average Bonchev–Trinajstić information content (AvgIpc) is 3.42. The van der Waals surface area contributed by atoms with Crippen molar-refractivity contribution in [1.29, 1.82) is 0 Å². The Hall–Kier alpha value is -7.78. The molecule has 0 unspecified atom stereocenters. The number of aryl methyl sites for hydroxylation is 4. The van der Waals surface area contributed by atoms with E-state index in [0.717, 1.165) is 78.0 Å². The van der Waals surface area contributed by atoms with Crippen LogP contribution in [0.15, 0.2) is 207 Å². The summed E-state index contributed by atoms with van der Waals surface area (Å²) in [5.41, 5.74) is 17.3. The van der Waals surface area contributed by atoms with Gasteiger partial charge in [0.25, 0.3) is 0 Å². The van der Waals surface area contributed by atoms with Gasteiger partial charge in [0.15, 0.2) is 0 Å². The second kappa shape index (κ2) is 23.2. The molecule has 0 saturated carbocycles. The van der Waals surface area contributed by atoms with Gasteiger partial charge < -0.3 is 15.0 Å². The van der Waals surface area contributed by atoms with Gasteiger partial charge in [0.05, 0.1) is 0 Å². The first-order chi connectivity index (χ1) is 35.9. The number of nitrogens with zero attached hydrogens (tertiary/aromatic N) is 3. The Balaban J connectivity index is 0.00000689. The summed E-state index contributed by atoms with van der Waals surface area (Å²) in [7, 11) is 0. The number of benzene rings is 7. The van der Waals surface area contributed by atoms with Crippen LogP contribution in [-0.4, -0.2) is 27.3 Å². The fourth-order valence-electron chi connectivity index (χ4n) is 9.21. The summed E-state index contributed by atoms with van der Waals surface area (Å²) in [4.78, 5) is 14.4. The second-order valence-electron chi connectivity index (χ2n) is 18.3. The standard InChI is InChI=1S/C65H46F6N3.Ir/c66-64(67,68)39-44-19-25-54(26-20-44)61-33-23-46(41-72-61)15-17-48-35-49(18-16-47-24-34-62(73-42-47)55-27-21-45(22-28-55)40-65(69,70)71)37-56(36-48)57-13-7-8-14-58(57)60-43-74-63(53-11-5-2-6-12-53)38-59(60)52-31-29-51(30-32-52)50-9-3-1-4-10-50;/h1-11,13-14,19-25,27,29-38,41-43H,15-18,39-40H2;/q-3;+3. The maximum atomic E-state index is 13.0. The molecule has 0 N–H and O–H groups in total. The van der Waals surface area contributed by atoms with E-state index in [0.29, 0.717) is 48.2 Å². The smallest absolute Gasteiger partial charge is 0.304 e. The molecule has 10 rings (SSSR count). The van der Waals surface area contributed by atoms with E-state index in [1.165, 1.54) is 24.3 Å². The molecule has 75 heavy (non-hydrogen) atoms. The summed E-state index contributed by atoms with van der Waals surface area (Å²) >= 11 is 0. The minimum Gasteiger partial charge on any atom is -0.304 e. The zero-order valence-corrected chi connectivity index (χ0v) is 42.7. The molecule has 3 nitrogen and oxygen atoms in total. The molecule has 372 valence electrons. The summed E-state index contributed by atoms with van der Waals surface area (Å²) < 4.78 is 77.8. The van der Waals surface area contributed by atoms with Crippen LogP contribution in [0, 0.1) is 18.2 Å². The molecule has 0 bridgehead atoms. The number of rotatable bonds is 15. The van der Waals surface area contributed by atoms with Gasteiger partial charge in [0.1, 0.15) is 0 Å². The number of hydrogen-bond donors (Lipinski definition) is 0. The summed E-state index contributed by atoms with van der Waals surface area (Å²) in [6.07, 6.45) is -2.20. The average molecular weight is 1180 g/mol. The Morgan fingerprint density at radius 2 is 0.813 bits per heavy atom. The molecule has 0 amide bonds. The third kappa shape index (κ3) is 13.5. The van der Waals surface area contributed by atoms with Gasteiger partial charge in [-0.2, -0.15) is 26.3 Å². The second-order valence-corrected chi connectivity index (χ2v) is 18.3. The number of aromatic nitrogens is 3. The Morgan fingerprint density at radius 3 is 1.32 bits per heavy atom. The van der Waals surface area contributed by atoms with Crippen LogP contribution in [-0.2, 0) is 58.6 Å². The fraction of sp³-hybridized carbons (Fsp3) is 0.123. The fourth-order valence-corrected chi connectivity index (χ4v) is 9.21. The van der Waals surface area contributed by atoms with Crippen LogP contribution in [0.5, 0.6) is 0 Å². The molecule has 3 heterocycles. The van der Waals surface area contributed by atoms with Crippen LogP contribution >= 0.6 is 0 Å². The maximum absolute atomic E-state index is 13.0. The first-order valence-electron chi connectivity index (χ1n) is 24.3. The molecule has 0 radical (unpaired) electrons. The number of hydrogen-bond acceptors (Lipinski definition) is 3. The molecule has 10 aromatic rings. The van der Waals surface area contributed by atoms with E-state index in [2.05, 4.69) is 113 Å². The van der Waals surface area contributed by atoms with Gasteiger partial charge in [-0.3, -0.25) is 0 Å². The van der Waals surface area contributed by atoms with Crippen LogP contribution in [0.1, 0.15) is 33.4 Å². The monoisotopic (exact) mass is 1180 g/mol. The molecule has 0 atom stereocenters. The van der Waals surface area contributed by atoms with Gasteiger partial charge in [0.2, 0.25) is 0 Å². The van der Waals surface area contributed by atoms with Crippen LogP contribution < -0.4 is 0 Å². The van der Waals surface area contributed by atoms with Gasteiger partial charge in [-0.1, -0.05) is 127 Å². The molecular formula is C65H46F6IrN3. The minimum absolute atomic E-state index is 0. The predicted octanol–water partition coefficient (Wildman–Crippen LogP) is 16.7. The minimum atomic E-state index is -4.29. The number of halogens is 6. The van der Waals surface area contributed by atoms with Crippen molar-refractivity contribution in [1.82, 2.24) is 15.0 Å². The maximum Gasteiger partial charge on any atom is 3.00 e. The van der Waals surface area contributed by atoms with E-state index in [1.807, 2.05) is 85.3 Å². The first kappa shape index (κ1) is 52.1. The third-order valence-corrected chi connectivity index (χ3v) is 12.9. The van der Waals surface area contributed by atoms with E-state index >= 15 is 0 Å². The van der Waals surface area contributed by atoms with Crippen molar-refractivity contribution < 1.29 is 46.4 Å². The van der Waals surface area contributed by atoms with Crippen molar-refractivity contribution in [3.8, 4) is 78.3 Å². The molecule has 0 fully saturated rings. The largest absolute Gasteiger partial charge is 3.00 e. The van der Waals surface area contributed by atoms with E-state index in [1.54, 1.807) is 12.1 Å². The number of alkyl halides is 6. The van der Waals surface area contributed by atoms with Crippen LogP contribution in [0.3, 0.4) is 0 Å². The van der Waals surface area contributed by atoms with Crippen LogP contribution in [0.25, 0.3) is 78.3 Å². The summed E-state index contributed by atoms with van der Waals surface area (Å²) in [5.74, 6) is 0. The van der Waals surface area contributed by atoms with Crippen molar-refractivity contribution in [2.45, 2.75) is 50.9 Å². The van der Waals surface area contributed by atoms with Gasteiger partial charge in [-0.25, -0.2) is 0 Å². The molecule has 10 heteroatoms. The first-order valence-corrected chi connectivity index (χ1v) is 24.3. The van der Waals surface area contributed by atoms with E-state index in [9.17, 15) is 26.3 Å². The summed E-state index contributed by atoms with van der Waals surface area (Å²) in [5, 5.41) is 0. The third-order valence-electron chi connectivity index (χ3n) is 12.9. The predicted molar refractivity (Wildman–Crippen MR) is 282 cm³/mol. The van der Waals surface area contributed by atoms with Gasteiger partial charge >= 0.3 is 32.5 Å². The summed E-state index contributed by atoms with van der Waals surface area (Å²) in [6.45, 7) is 0. The Bertz CT molecular complexity index is 3350. The Labute approximate surface area is 446 Å². The van der Waals surface area contributed by atoms with Crippen molar-refractivity contribution in [2.24, 2.45) is 0 Å². The van der Waals surface area contributed by atoms with Crippen LogP contribution in [0.2, 0.25) is 0 Å². The zero-order chi connectivity index (χ0) is 51.1. The van der Waals surface area contributed by atoms with Gasteiger partial charge in [0, 0.05) is 37.0 Å². The quantitative estimate of drug-likeness (QED) is 0.0758. The van der Waals surface area contributed by atoms with Crippen LogP contribution in [0.4, 0.5) is 26.3 Å². The van der Waals surface area contributed by atoms with E-state index < -0.39 is 25.2 Å². The van der Waals surface area contributed by atoms with Crippen molar-refractivity contribution >= 4 is 0 Å². The zero-order valence-electron chi connectivity index (χ0n) is 40.3. The molecular weight excluding hydrogens is 1130 g/mol. The van der Waals surface area contributed by atoms with Gasteiger partial charge in [-0.15, -0.1) is 107 Å².